The van der Waals surface area contributed by atoms with Gasteiger partial charge >= 0.3 is 12.1 Å². The number of methoxy groups -OCH3 is 1. The predicted octanol–water partition coefficient (Wildman–Crippen LogP) is 3.84. The lowest BCUT2D eigenvalue weighted by Gasteiger charge is -2.27. The van der Waals surface area contributed by atoms with Crippen LogP contribution >= 0.6 is 0 Å². The quantitative estimate of drug-likeness (QED) is 0.286. The van der Waals surface area contributed by atoms with Gasteiger partial charge < -0.3 is 19.0 Å². The highest BCUT2D eigenvalue weighted by atomic mass is 32.2. The zero-order valence-corrected chi connectivity index (χ0v) is 21.6. The Kier molecular flexibility index (Phi) is 9.57. The van der Waals surface area contributed by atoms with Gasteiger partial charge in [-0.3, -0.25) is 4.79 Å². The molecule has 1 aliphatic heterocycles. The van der Waals surface area contributed by atoms with Crippen LogP contribution in [0, 0.1) is 6.92 Å². The summed E-state index contributed by atoms with van der Waals surface area (Å²) in [5.74, 6) is -0.499. The molecule has 3 atom stereocenters. The van der Waals surface area contributed by atoms with Gasteiger partial charge in [-0.15, -0.1) is 4.36 Å². The molecule has 1 amide bonds. The number of esters is 1. The molecule has 10 nitrogen and oxygen atoms in total. The Bertz CT molecular complexity index is 1010. The first-order valence-electron chi connectivity index (χ1n) is 11.3. The van der Waals surface area contributed by atoms with Crippen LogP contribution < -0.4 is 4.74 Å². The number of hydrogen-bond donors (Lipinski definition) is 0. The Hall–Kier alpha value is -2.53. The summed E-state index contributed by atoms with van der Waals surface area (Å²) >= 11 is 0. The summed E-state index contributed by atoms with van der Waals surface area (Å²) in [5, 5.41) is 0. The van der Waals surface area contributed by atoms with Gasteiger partial charge in [0, 0.05) is 18.7 Å². The monoisotopic (exact) mass is 497 g/mol. The van der Waals surface area contributed by atoms with Crippen molar-refractivity contribution in [3.63, 3.8) is 0 Å². The summed E-state index contributed by atoms with van der Waals surface area (Å²) in [6.45, 7) is 8.87. The highest BCUT2D eigenvalue weighted by molar-refractivity contribution is 7.91. The van der Waals surface area contributed by atoms with Crippen molar-refractivity contribution in [2.75, 3.05) is 13.7 Å². The minimum atomic E-state index is -3.70. The van der Waals surface area contributed by atoms with Crippen molar-refractivity contribution in [1.82, 2.24) is 9.29 Å². The second-order valence-corrected chi connectivity index (χ2v) is 11.3. The normalized spacial score (nSPS) is 19.1. The van der Waals surface area contributed by atoms with Crippen LogP contribution in [-0.2, 0) is 29.0 Å². The first kappa shape index (κ1) is 27.7. The summed E-state index contributed by atoms with van der Waals surface area (Å²) in [6.07, 6.45) is 2.07. The molecule has 0 saturated carbocycles. The lowest BCUT2D eigenvalue weighted by molar-refractivity contribution is -0.144. The molecule has 0 N–H and O–H groups in total. The fourth-order valence-electron chi connectivity index (χ4n) is 3.56. The first-order chi connectivity index (χ1) is 15.9. The Balaban J connectivity index is 2.61. The largest absolute Gasteiger partial charge is 0.474 e. The van der Waals surface area contributed by atoms with Crippen LogP contribution in [0.1, 0.15) is 65.5 Å². The molecule has 2 heterocycles. The fourth-order valence-corrected chi connectivity index (χ4v) is 5.74. The number of carbonyl (C=O) groups is 3. The summed E-state index contributed by atoms with van der Waals surface area (Å²) in [7, 11) is -2.44. The van der Waals surface area contributed by atoms with Crippen LogP contribution in [0.25, 0.3) is 0 Å². The third-order valence-electron chi connectivity index (χ3n) is 5.08. The van der Waals surface area contributed by atoms with Crippen molar-refractivity contribution in [3.8, 4) is 5.88 Å². The Morgan fingerprint density at radius 2 is 2.06 bits per heavy atom. The van der Waals surface area contributed by atoms with Crippen molar-refractivity contribution in [2.45, 2.75) is 89.4 Å². The molecular formula is C23H35N3O7S. The van der Waals surface area contributed by atoms with Crippen LogP contribution in [0.5, 0.6) is 5.88 Å². The third-order valence-corrected chi connectivity index (χ3v) is 7.44. The van der Waals surface area contributed by atoms with Gasteiger partial charge in [-0.05, 0) is 72.4 Å². The smallest absolute Gasteiger partial charge is 0.443 e. The molecule has 0 radical (unpaired) electrons. The van der Waals surface area contributed by atoms with E-state index in [4.69, 9.17) is 14.2 Å². The summed E-state index contributed by atoms with van der Waals surface area (Å²) < 4.78 is 36.2. The number of ether oxygens (including phenoxy) is 3. The van der Waals surface area contributed by atoms with E-state index in [1.54, 1.807) is 39.8 Å². The van der Waals surface area contributed by atoms with Crippen LogP contribution in [-0.4, -0.2) is 63.2 Å². The Labute approximate surface area is 201 Å². The summed E-state index contributed by atoms with van der Waals surface area (Å²) in [5.41, 5.74) is -0.241. The number of amides is 1. The van der Waals surface area contributed by atoms with Crippen molar-refractivity contribution in [1.29, 1.82) is 0 Å². The van der Waals surface area contributed by atoms with Gasteiger partial charge in [0.2, 0.25) is 5.88 Å². The minimum Gasteiger partial charge on any atom is -0.474 e. The summed E-state index contributed by atoms with van der Waals surface area (Å²) in [4.78, 5) is 40.3. The maximum absolute atomic E-state index is 14.6. The molecule has 0 spiro atoms. The van der Waals surface area contributed by atoms with Gasteiger partial charge in [0.05, 0.1) is 13.2 Å². The number of rotatable bonds is 9. The van der Waals surface area contributed by atoms with Crippen LogP contribution in [0.3, 0.4) is 0 Å². The predicted molar refractivity (Wildman–Crippen MR) is 126 cm³/mol. The SMILES string of the molecule is COC(=O)[C@@H]1CCCN1[S@@](=O)(=NC(=O)OC(C)(C)C)c1ccc(C)nc1O[C@H](C)CCCC=O. The van der Waals surface area contributed by atoms with Crippen LogP contribution in [0.15, 0.2) is 21.4 Å². The van der Waals surface area contributed by atoms with E-state index in [1.807, 2.05) is 6.92 Å². The number of carbonyl (C=O) groups excluding carboxylic acids is 3. The van der Waals surface area contributed by atoms with E-state index in [9.17, 15) is 18.6 Å². The van der Waals surface area contributed by atoms with Gasteiger partial charge in [-0.1, -0.05) is 0 Å². The van der Waals surface area contributed by atoms with Gasteiger partial charge in [-0.2, -0.15) is 4.31 Å². The molecule has 1 aromatic heterocycles. The highest BCUT2D eigenvalue weighted by Crippen LogP contribution is 2.34. The van der Waals surface area contributed by atoms with Gasteiger partial charge in [0.1, 0.15) is 22.8 Å². The maximum Gasteiger partial charge on any atom is 0.443 e. The molecular weight excluding hydrogens is 462 g/mol. The number of hydrogen-bond acceptors (Lipinski definition) is 8. The molecule has 1 fully saturated rings. The van der Waals surface area contributed by atoms with E-state index in [-0.39, 0.29) is 23.4 Å². The highest BCUT2D eigenvalue weighted by Gasteiger charge is 2.41. The number of nitrogens with zero attached hydrogens (tertiary/aromatic N) is 3. The number of aromatic nitrogens is 1. The molecule has 34 heavy (non-hydrogen) atoms. The average molecular weight is 498 g/mol. The Morgan fingerprint density at radius 1 is 1.35 bits per heavy atom. The summed E-state index contributed by atoms with van der Waals surface area (Å²) in [6, 6.07) is 2.36. The van der Waals surface area contributed by atoms with E-state index in [0.717, 1.165) is 6.29 Å². The number of unbranched alkanes of at least 4 members (excludes halogenated alkanes) is 1. The van der Waals surface area contributed by atoms with E-state index >= 15 is 0 Å². The van der Waals surface area contributed by atoms with E-state index in [0.29, 0.717) is 37.8 Å². The van der Waals surface area contributed by atoms with Gasteiger partial charge in [0.15, 0.2) is 9.92 Å². The van der Waals surface area contributed by atoms with Crippen molar-refractivity contribution < 1.29 is 32.8 Å². The maximum atomic E-state index is 14.6. The van der Waals surface area contributed by atoms with E-state index in [1.165, 1.54) is 11.4 Å². The fraction of sp³-hybridized carbons (Fsp3) is 0.652. The molecule has 2 rings (SSSR count). The molecule has 0 aromatic carbocycles. The molecule has 11 heteroatoms. The minimum absolute atomic E-state index is 0.0615. The second-order valence-electron chi connectivity index (χ2n) is 9.17. The van der Waals surface area contributed by atoms with Gasteiger partial charge in [0.25, 0.3) is 0 Å². The van der Waals surface area contributed by atoms with E-state index < -0.39 is 33.6 Å². The molecule has 1 saturated heterocycles. The van der Waals surface area contributed by atoms with Crippen molar-refractivity contribution >= 4 is 28.3 Å². The van der Waals surface area contributed by atoms with Crippen LogP contribution in [0.2, 0.25) is 0 Å². The second kappa shape index (κ2) is 11.7. The standard InChI is InChI=1S/C23H35N3O7S/c1-16-12-13-19(20(24-16)32-17(2)10-7-8-15-27)34(30,25-22(29)33-23(3,4)5)26-14-9-11-18(26)21(28)31-6/h12-13,15,17-18H,7-11,14H2,1-6H3/t17-,18+,34+/m1/s1. The van der Waals surface area contributed by atoms with Crippen LogP contribution in [0.4, 0.5) is 4.79 Å². The number of pyridine rings is 1. The van der Waals surface area contributed by atoms with Crippen molar-refractivity contribution in [3.05, 3.63) is 17.8 Å². The first-order valence-corrected chi connectivity index (χ1v) is 12.8. The zero-order chi connectivity index (χ0) is 25.5. The van der Waals surface area contributed by atoms with Crippen molar-refractivity contribution in [2.24, 2.45) is 4.36 Å². The van der Waals surface area contributed by atoms with Gasteiger partial charge in [-0.25, -0.2) is 14.0 Å². The molecule has 1 aliphatic rings. The lowest BCUT2D eigenvalue weighted by atomic mass is 10.2. The van der Waals surface area contributed by atoms with E-state index in [2.05, 4.69) is 9.35 Å². The molecule has 0 unspecified atom stereocenters. The third kappa shape index (κ3) is 7.23. The molecule has 0 aliphatic carbocycles. The molecule has 1 aromatic rings. The topological polar surface area (TPSA) is 124 Å². The average Bonchev–Trinajstić information content (AvgIpc) is 3.22. The molecule has 0 bridgehead atoms. The molecule has 190 valence electrons. The Morgan fingerprint density at radius 3 is 2.68 bits per heavy atom. The lowest BCUT2D eigenvalue weighted by Crippen LogP contribution is -2.41. The number of aldehydes is 1. The number of aryl methyl sites for hydroxylation is 1. The zero-order valence-electron chi connectivity index (χ0n) is 20.7.